The molecule has 0 bridgehead atoms. The molecule has 0 saturated carbocycles. The number of benzene rings is 1. The van der Waals surface area contributed by atoms with E-state index in [2.05, 4.69) is 44.6 Å². The number of aromatic nitrogens is 1. The van der Waals surface area contributed by atoms with Crippen molar-refractivity contribution in [1.82, 2.24) is 20.1 Å². The van der Waals surface area contributed by atoms with Crippen LogP contribution in [0.5, 0.6) is 0 Å². The van der Waals surface area contributed by atoms with E-state index in [4.69, 9.17) is 0 Å². The van der Waals surface area contributed by atoms with Crippen LogP contribution in [0.4, 0.5) is 13.2 Å². The lowest BCUT2D eigenvalue weighted by Gasteiger charge is -2.19. The third kappa shape index (κ3) is 8.68. The molecule has 1 heterocycles. The molecule has 0 aliphatic heterocycles. The molecule has 0 atom stereocenters. The Morgan fingerprint density at radius 1 is 1.11 bits per heavy atom. The summed E-state index contributed by atoms with van der Waals surface area (Å²) in [5.74, 6) is 0.672. The van der Waals surface area contributed by atoms with Crippen LogP contribution >= 0.6 is 24.0 Å². The van der Waals surface area contributed by atoms with Crippen molar-refractivity contribution < 1.29 is 13.2 Å². The number of rotatable bonds is 9. The molecule has 0 unspecified atom stereocenters. The lowest BCUT2D eigenvalue weighted by molar-refractivity contribution is -0.143. The molecule has 2 N–H and O–H groups in total. The Morgan fingerprint density at radius 2 is 1.79 bits per heavy atom. The van der Waals surface area contributed by atoms with Crippen molar-refractivity contribution >= 4 is 40.8 Å². The van der Waals surface area contributed by atoms with Gasteiger partial charge in [-0.1, -0.05) is 18.2 Å². The van der Waals surface area contributed by atoms with Crippen LogP contribution < -0.4 is 10.6 Å². The molecular formula is C19H29F3IN5. The van der Waals surface area contributed by atoms with E-state index < -0.39 is 12.7 Å². The number of nitrogens with one attached hydrogen (secondary N) is 2. The SMILES string of the molecule is CN=C(NCCCN(C)CC(F)(F)F)NCCCn1ccc2ccccc21.I. The maximum Gasteiger partial charge on any atom is 0.401 e. The lowest BCUT2D eigenvalue weighted by Crippen LogP contribution is -2.39. The van der Waals surface area contributed by atoms with Crippen molar-refractivity contribution in [3.05, 3.63) is 36.5 Å². The van der Waals surface area contributed by atoms with Crippen LogP contribution in [0.1, 0.15) is 12.8 Å². The molecule has 28 heavy (non-hydrogen) atoms. The van der Waals surface area contributed by atoms with E-state index in [0.29, 0.717) is 25.5 Å². The van der Waals surface area contributed by atoms with Gasteiger partial charge in [-0.2, -0.15) is 13.2 Å². The summed E-state index contributed by atoms with van der Waals surface area (Å²) in [5, 5.41) is 7.61. The number of para-hydroxylation sites is 1. The maximum atomic E-state index is 12.3. The Bertz CT molecular complexity index is 730. The summed E-state index contributed by atoms with van der Waals surface area (Å²) >= 11 is 0. The molecule has 1 aromatic carbocycles. The van der Waals surface area contributed by atoms with Gasteiger partial charge in [0.1, 0.15) is 0 Å². The summed E-state index contributed by atoms with van der Waals surface area (Å²) in [6, 6.07) is 10.4. The molecule has 5 nitrogen and oxygen atoms in total. The van der Waals surface area contributed by atoms with Crippen LogP contribution in [-0.2, 0) is 6.54 Å². The number of nitrogens with zero attached hydrogens (tertiary/aromatic N) is 3. The van der Waals surface area contributed by atoms with Crippen LogP contribution in [0.15, 0.2) is 41.5 Å². The molecule has 0 amide bonds. The number of fused-ring (bicyclic) bond motifs is 1. The van der Waals surface area contributed by atoms with Crippen molar-refractivity contribution in [2.24, 2.45) is 4.99 Å². The molecule has 0 saturated heterocycles. The van der Waals surface area contributed by atoms with E-state index in [0.717, 1.165) is 19.5 Å². The zero-order valence-corrected chi connectivity index (χ0v) is 18.6. The van der Waals surface area contributed by atoms with E-state index in [1.165, 1.54) is 22.9 Å². The minimum atomic E-state index is -4.15. The zero-order chi connectivity index (χ0) is 19.7. The molecular weight excluding hydrogens is 482 g/mol. The molecule has 2 rings (SSSR count). The molecule has 0 fully saturated rings. The molecule has 0 aliphatic carbocycles. The smallest absolute Gasteiger partial charge is 0.356 e. The first kappa shape index (κ1) is 24.5. The lowest BCUT2D eigenvalue weighted by atomic mass is 10.2. The molecule has 0 aliphatic rings. The first-order valence-corrected chi connectivity index (χ1v) is 9.13. The van der Waals surface area contributed by atoms with E-state index in [9.17, 15) is 13.2 Å². The Balaban J connectivity index is 0.00000392. The Kier molecular flexibility index (Phi) is 10.7. The molecule has 9 heteroatoms. The Labute approximate surface area is 181 Å². The highest BCUT2D eigenvalue weighted by molar-refractivity contribution is 14.0. The monoisotopic (exact) mass is 511 g/mol. The van der Waals surface area contributed by atoms with Gasteiger partial charge in [-0.25, -0.2) is 0 Å². The van der Waals surface area contributed by atoms with Gasteiger partial charge in [-0.15, -0.1) is 24.0 Å². The van der Waals surface area contributed by atoms with Crippen molar-refractivity contribution in [3.63, 3.8) is 0 Å². The third-order valence-electron chi connectivity index (χ3n) is 4.23. The van der Waals surface area contributed by atoms with Crippen LogP contribution in [0.3, 0.4) is 0 Å². The van der Waals surface area contributed by atoms with E-state index in [-0.39, 0.29) is 24.0 Å². The fourth-order valence-corrected chi connectivity index (χ4v) is 2.95. The van der Waals surface area contributed by atoms with Gasteiger partial charge in [-0.05, 0) is 44.0 Å². The standard InChI is InChI=1S/C19H28F3N5.HI/c1-23-18(24-10-5-12-26(2)15-19(20,21)22)25-11-6-13-27-14-9-16-7-3-4-8-17(16)27;/h3-4,7-9,14H,5-6,10-13,15H2,1-2H3,(H2,23,24,25);1H. The van der Waals surface area contributed by atoms with Crippen LogP contribution in [0.2, 0.25) is 0 Å². The predicted octanol–water partition coefficient (Wildman–Crippen LogP) is 3.70. The first-order valence-electron chi connectivity index (χ1n) is 9.13. The second-order valence-corrected chi connectivity index (χ2v) is 6.55. The predicted molar refractivity (Wildman–Crippen MR) is 120 cm³/mol. The van der Waals surface area contributed by atoms with Crippen molar-refractivity contribution in [2.45, 2.75) is 25.6 Å². The van der Waals surface area contributed by atoms with Gasteiger partial charge in [0.05, 0.1) is 6.54 Å². The van der Waals surface area contributed by atoms with Gasteiger partial charge in [0.2, 0.25) is 0 Å². The zero-order valence-electron chi connectivity index (χ0n) is 16.3. The molecule has 158 valence electrons. The van der Waals surface area contributed by atoms with Gasteiger partial charge in [-0.3, -0.25) is 9.89 Å². The van der Waals surface area contributed by atoms with Gasteiger partial charge in [0.15, 0.2) is 5.96 Å². The molecule has 2 aromatic rings. The summed E-state index contributed by atoms with van der Waals surface area (Å²) < 4.78 is 39.0. The number of aryl methyl sites for hydroxylation is 1. The Hall–Kier alpha value is -1.49. The van der Waals surface area contributed by atoms with Gasteiger partial charge < -0.3 is 15.2 Å². The summed E-state index contributed by atoms with van der Waals surface area (Å²) in [6.45, 7) is 1.74. The highest BCUT2D eigenvalue weighted by atomic mass is 127. The second kappa shape index (κ2) is 12.2. The number of halogens is 4. The fourth-order valence-electron chi connectivity index (χ4n) is 2.95. The molecule has 1 aromatic heterocycles. The Morgan fingerprint density at radius 3 is 2.46 bits per heavy atom. The topological polar surface area (TPSA) is 44.6 Å². The summed E-state index contributed by atoms with van der Waals surface area (Å²) in [5.41, 5.74) is 1.22. The normalized spacial score (nSPS) is 12.3. The van der Waals surface area contributed by atoms with Gasteiger partial charge in [0, 0.05) is 38.4 Å². The average molecular weight is 511 g/mol. The number of hydrogen-bond donors (Lipinski definition) is 2. The first-order chi connectivity index (χ1) is 12.9. The highest BCUT2D eigenvalue weighted by Gasteiger charge is 2.28. The maximum absolute atomic E-state index is 12.3. The van der Waals surface area contributed by atoms with E-state index in [1.54, 1.807) is 7.05 Å². The minimum Gasteiger partial charge on any atom is -0.356 e. The highest BCUT2D eigenvalue weighted by Crippen LogP contribution is 2.16. The summed E-state index contributed by atoms with van der Waals surface area (Å²) in [7, 11) is 3.16. The van der Waals surface area contributed by atoms with E-state index in [1.807, 2.05) is 12.1 Å². The second-order valence-electron chi connectivity index (χ2n) is 6.55. The number of hydrogen-bond acceptors (Lipinski definition) is 2. The number of aliphatic imine (C=N–C) groups is 1. The number of guanidine groups is 1. The van der Waals surface area contributed by atoms with Crippen molar-refractivity contribution in [1.29, 1.82) is 0 Å². The van der Waals surface area contributed by atoms with Crippen molar-refractivity contribution in [2.75, 3.05) is 40.3 Å². The molecule has 0 radical (unpaired) electrons. The van der Waals surface area contributed by atoms with Gasteiger partial charge >= 0.3 is 6.18 Å². The van der Waals surface area contributed by atoms with Crippen LogP contribution in [-0.4, -0.2) is 61.9 Å². The summed E-state index contributed by atoms with van der Waals surface area (Å²) in [4.78, 5) is 5.42. The minimum absolute atomic E-state index is 0. The largest absolute Gasteiger partial charge is 0.401 e. The van der Waals surface area contributed by atoms with E-state index >= 15 is 0 Å². The van der Waals surface area contributed by atoms with Crippen molar-refractivity contribution in [3.8, 4) is 0 Å². The quantitative estimate of drug-likeness (QED) is 0.234. The molecule has 0 spiro atoms. The van der Waals surface area contributed by atoms with Crippen LogP contribution in [0.25, 0.3) is 10.9 Å². The van der Waals surface area contributed by atoms with Crippen LogP contribution in [0, 0.1) is 0 Å². The number of alkyl halides is 3. The average Bonchev–Trinajstić information content (AvgIpc) is 3.02. The third-order valence-corrected chi connectivity index (χ3v) is 4.23. The van der Waals surface area contributed by atoms with Gasteiger partial charge in [0.25, 0.3) is 0 Å². The summed E-state index contributed by atoms with van der Waals surface area (Å²) in [6.07, 6.45) is -0.504. The fraction of sp³-hybridized carbons (Fsp3) is 0.526.